The first kappa shape index (κ1) is 19.5. The lowest BCUT2D eigenvalue weighted by atomic mass is 9.94. The second-order valence-electron chi connectivity index (χ2n) is 7.33. The maximum atomic E-state index is 12.5. The third kappa shape index (κ3) is 4.70. The summed E-state index contributed by atoms with van der Waals surface area (Å²) in [4.78, 5) is 26.8. The summed E-state index contributed by atoms with van der Waals surface area (Å²) < 4.78 is 0. The number of hydrogen-bond donors (Lipinski definition) is 2. The Morgan fingerprint density at radius 2 is 1.85 bits per heavy atom. The molecule has 5 nitrogen and oxygen atoms in total. The number of anilines is 1. The summed E-state index contributed by atoms with van der Waals surface area (Å²) in [6.45, 7) is 1.25. The van der Waals surface area contributed by atoms with Crippen LogP contribution in [0, 0.1) is 11.8 Å². The summed E-state index contributed by atoms with van der Waals surface area (Å²) >= 11 is 11.9. The van der Waals surface area contributed by atoms with E-state index < -0.39 is 0 Å². The van der Waals surface area contributed by atoms with E-state index in [1.807, 2.05) is 4.90 Å². The van der Waals surface area contributed by atoms with Crippen molar-refractivity contribution in [3.63, 3.8) is 0 Å². The van der Waals surface area contributed by atoms with Gasteiger partial charge in [0, 0.05) is 37.2 Å². The number of benzene rings is 1. The Hall–Kier alpha value is -1.30. The van der Waals surface area contributed by atoms with Crippen LogP contribution < -0.4 is 11.1 Å². The van der Waals surface area contributed by atoms with Gasteiger partial charge in [-0.05, 0) is 49.8 Å². The van der Waals surface area contributed by atoms with E-state index in [9.17, 15) is 9.59 Å². The van der Waals surface area contributed by atoms with Crippen molar-refractivity contribution in [3.05, 3.63) is 28.2 Å². The lowest BCUT2D eigenvalue weighted by Crippen LogP contribution is -2.42. The van der Waals surface area contributed by atoms with Crippen LogP contribution in [0.4, 0.5) is 5.69 Å². The minimum atomic E-state index is -0.0951. The predicted octanol–water partition coefficient (Wildman–Crippen LogP) is 3.69. The second kappa shape index (κ2) is 8.59. The number of nitrogens with one attached hydrogen (secondary N) is 1. The van der Waals surface area contributed by atoms with E-state index >= 15 is 0 Å². The quantitative estimate of drug-likeness (QED) is 0.812. The molecular weight excluding hydrogens is 373 g/mol. The van der Waals surface area contributed by atoms with Crippen molar-refractivity contribution in [2.45, 2.75) is 44.6 Å². The first-order valence-corrected chi connectivity index (χ1v) is 9.99. The molecule has 1 saturated heterocycles. The summed E-state index contributed by atoms with van der Waals surface area (Å²) in [5.41, 5.74) is 6.71. The summed E-state index contributed by atoms with van der Waals surface area (Å²) in [7, 11) is 0. The standard InChI is InChI=1S/C19H25Cl2N3O2/c20-15-5-4-14(11-16(15)21)23-19(26)12-6-8-24(9-7-12)18(25)10-13-2-1-3-17(13)22/h4-5,11-13,17H,1-3,6-10,22H2,(H,23,26)/t13-,17+/m0/s1. The van der Waals surface area contributed by atoms with Gasteiger partial charge in [-0.15, -0.1) is 0 Å². The lowest BCUT2D eigenvalue weighted by Gasteiger charge is -2.32. The van der Waals surface area contributed by atoms with Gasteiger partial charge in [-0.2, -0.15) is 0 Å². The normalized spacial score (nSPS) is 23.9. The van der Waals surface area contributed by atoms with Gasteiger partial charge in [0.1, 0.15) is 0 Å². The van der Waals surface area contributed by atoms with Crippen LogP contribution in [0.1, 0.15) is 38.5 Å². The van der Waals surface area contributed by atoms with Crippen molar-refractivity contribution in [2.75, 3.05) is 18.4 Å². The molecule has 2 amide bonds. The molecule has 0 spiro atoms. The Balaban J connectivity index is 1.47. The third-order valence-corrected chi connectivity index (χ3v) is 6.30. The molecule has 2 fully saturated rings. The smallest absolute Gasteiger partial charge is 0.227 e. The van der Waals surface area contributed by atoms with E-state index in [-0.39, 0.29) is 23.8 Å². The fraction of sp³-hybridized carbons (Fsp3) is 0.579. The number of likely N-dealkylation sites (tertiary alicyclic amines) is 1. The Bertz CT molecular complexity index is 675. The molecular formula is C19H25Cl2N3O2. The molecule has 0 unspecified atom stereocenters. The maximum Gasteiger partial charge on any atom is 0.227 e. The molecule has 0 aromatic heterocycles. The highest BCUT2D eigenvalue weighted by molar-refractivity contribution is 6.42. The van der Waals surface area contributed by atoms with Crippen LogP contribution in [0.3, 0.4) is 0 Å². The van der Waals surface area contributed by atoms with Crippen molar-refractivity contribution >= 4 is 40.7 Å². The van der Waals surface area contributed by atoms with Crippen LogP contribution in [0.2, 0.25) is 10.0 Å². The summed E-state index contributed by atoms with van der Waals surface area (Å²) in [5, 5.41) is 3.76. The number of piperidine rings is 1. The fourth-order valence-electron chi connectivity index (χ4n) is 3.88. The highest BCUT2D eigenvalue weighted by Crippen LogP contribution is 2.29. The van der Waals surface area contributed by atoms with Crippen LogP contribution in [-0.2, 0) is 9.59 Å². The minimum Gasteiger partial charge on any atom is -0.343 e. The molecule has 142 valence electrons. The minimum absolute atomic E-state index is 0.0340. The van der Waals surface area contributed by atoms with Crippen LogP contribution in [0.25, 0.3) is 0 Å². The van der Waals surface area contributed by atoms with E-state index in [4.69, 9.17) is 28.9 Å². The molecule has 3 N–H and O–H groups in total. The number of halogens is 2. The van der Waals surface area contributed by atoms with Gasteiger partial charge in [0.2, 0.25) is 11.8 Å². The SMILES string of the molecule is N[C@@H]1CCC[C@H]1CC(=O)N1CCC(C(=O)Nc2ccc(Cl)c(Cl)c2)CC1. The average molecular weight is 398 g/mol. The van der Waals surface area contributed by atoms with E-state index in [0.717, 1.165) is 19.3 Å². The monoisotopic (exact) mass is 397 g/mol. The summed E-state index contributed by atoms with van der Waals surface area (Å²) in [5.74, 6) is 0.365. The van der Waals surface area contributed by atoms with Gasteiger partial charge in [-0.3, -0.25) is 9.59 Å². The largest absolute Gasteiger partial charge is 0.343 e. The van der Waals surface area contributed by atoms with Crippen molar-refractivity contribution in [3.8, 4) is 0 Å². The molecule has 1 aromatic carbocycles. The third-order valence-electron chi connectivity index (χ3n) is 5.56. The van der Waals surface area contributed by atoms with Crippen LogP contribution in [0.15, 0.2) is 18.2 Å². The molecule has 26 heavy (non-hydrogen) atoms. The average Bonchev–Trinajstić information content (AvgIpc) is 3.03. The molecule has 0 radical (unpaired) electrons. The van der Waals surface area contributed by atoms with Crippen LogP contribution >= 0.6 is 23.2 Å². The van der Waals surface area contributed by atoms with Gasteiger partial charge in [0.15, 0.2) is 0 Å². The Morgan fingerprint density at radius 1 is 1.12 bits per heavy atom. The molecule has 1 saturated carbocycles. The van der Waals surface area contributed by atoms with Gasteiger partial charge >= 0.3 is 0 Å². The zero-order valence-electron chi connectivity index (χ0n) is 14.7. The molecule has 1 aromatic rings. The van der Waals surface area contributed by atoms with Crippen molar-refractivity contribution < 1.29 is 9.59 Å². The number of amides is 2. The number of carbonyl (C=O) groups is 2. The topological polar surface area (TPSA) is 75.4 Å². The van der Waals surface area contributed by atoms with Gasteiger partial charge in [0.25, 0.3) is 0 Å². The maximum absolute atomic E-state index is 12.5. The highest BCUT2D eigenvalue weighted by atomic mass is 35.5. The Morgan fingerprint density at radius 3 is 2.46 bits per heavy atom. The molecule has 1 heterocycles. The number of carbonyl (C=O) groups excluding carboxylic acids is 2. The molecule has 1 aliphatic heterocycles. The Kier molecular flexibility index (Phi) is 6.43. The zero-order valence-corrected chi connectivity index (χ0v) is 16.2. The first-order chi connectivity index (χ1) is 12.4. The molecule has 2 atom stereocenters. The molecule has 3 rings (SSSR count). The number of rotatable bonds is 4. The van der Waals surface area contributed by atoms with Crippen molar-refractivity contribution in [2.24, 2.45) is 17.6 Å². The zero-order chi connectivity index (χ0) is 18.7. The lowest BCUT2D eigenvalue weighted by molar-refractivity contribution is -0.135. The van der Waals surface area contributed by atoms with Crippen LogP contribution in [0.5, 0.6) is 0 Å². The molecule has 2 aliphatic rings. The molecule has 1 aliphatic carbocycles. The molecule has 7 heteroatoms. The van der Waals surface area contributed by atoms with Gasteiger partial charge < -0.3 is 16.0 Å². The number of nitrogens with two attached hydrogens (primary N) is 1. The van der Waals surface area contributed by atoms with Crippen LogP contribution in [-0.4, -0.2) is 35.8 Å². The summed E-state index contributed by atoms with van der Waals surface area (Å²) in [6.07, 6.45) is 5.09. The van der Waals surface area contributed by atoms with Crippen molar-refractivity contribution in [1.29, 1.82) is 0 Å². The van der Waals surface area contributed by atoms with Gasteiger partial charge in [0.05, 0.1) is 10.0 Å². The highest BCUT2D eigenvalue weighted by Gasteiger charge is 2.31. The van der Waals surface area contributed by atoms with E-state index in [1.165, 1.54) is 0 Å². The summed E-state index contributed by atoms with van der Waals surface area (Å²) in [6, 6.07) is 5.20. The van der Waals surface area contributed by atoms with E-state index in [1.54, 1.807) is 18.2 Å². The second-order valence-corrected chi connectivity index (χ2v) is 8.15. The van der Waals surface area contributed by atoms with Gasteiger partial charge in [-0.25, -0.2) is 0 Å². The fourth-order valence-corrected chi connectivity index (χ4v) is 4.18. The molecule has 0 bridgehead atoms. The first-order valence-electron chi connectivity index (χ1n) is 9.23. The van der Waals surface area contributed by atoms with Gasteiger partial charge in [-0.1, -0.05) is 29.6 Å². The number of nitrogens with zero attached hydrogens (tertiary/aromatic N) is 1. The Labute approximate surface area is 164 Å². The van der Waals surface area contributed by atoms with E-state index in [0.29, 0.717) is 54.0 Å². The van der Waals surface area contributed by atoms with Crippen molar-refractivity contribution in [1.82, 2.24) is 4.90 Å². The number of hydrogen-bond acceptors (Lipinski definition) is 3. The predicted molar refractivity (Wildman–Crippen MR) is 104 cm³/mol. The van der Waals surface area contributed by atoms with E-state index in [2.05, 4.69) is 5.32 Å².